The second-order valence-electron chi connectivity index (χ2n) is 5.49. The fraction of sp³-hybridized carbons (Fsp3) is 0.294. The molecule has 0 saturated heterocycles. The molecule has 0 aromatic heterocycles. The lowest BCUT2D eigenvalue weighted by molar-refractivity contribution is 0.213. The lowest BCUT2D eigenvalue weighted by Gasteiger charge is -2.23. The van der Waals surface area contributed by atoms with Crippen molar-refractivity contribution in [1.82, 2.24) is 4.31 Å². The van der Waals surface area contributed by atoms with Gasteiger partial charge in [0.05, 0.1) is 4.90 Å². The van der Waals surface area contributed by atoms with Crippen LogP contribution < -0.4 is 0 Å². The Morgan fingerprint density at radius 1 is 1.08 bits per heavy atom. The van der Waals surface area contributed by atoms with Crippen LogP contribution in [0.3, 0.4) is 0 Å². The highest BCUT2D eigenvalue weighted by atomic mass is 79.9. The molecule has 1 unspecified atom stereocenters. The second-order valence-corrected chi connectivity index (χ2v) is 8.34. The maximum absolute atomic E-state index is 13.6. The van der Waals surface area contributed by atoms with E-state index in [4.69, 9.17) is 0 Å². The minimum atomic E-state index is -3.92. The first-order valence-electron chi connectivity index (χ1n) is 7.34. The molecule has 7 heteroatoms. The SMILES string of the molecule is Cc1ccc(S(=O)(=O)N(Cc2ccc(Br)cc2)CC(F)CF)cc1. The average Bonchev–Trinajstić information content (AvgIpc) is 2.56. The summed E-state index contributed by atoms with van der Waals surface area (Å²) in [6.45, 7) is 0.0730. The van der Waals surface area contributed by atoms with Gasteiger partial charge in [0.15, 0.2) is 0 Å². The highest BCUT2D eigenvalue weighted by Gasteiger charge is 2.27. The zero-order valence-electron chi connectivity index (χ0n) is 13.1. The normalized spacial score (nSPS) is 13.2. The van der Waals surface area contributed by atoms with Crippen LogP contribution in [0, 0.1) is 6.92 Å². The largest absolute Gasteiger partial charge is 0.248 e. The lowest BCUT2D eigenvalue weighted by Crippen LogP contribution is -2.36. The number of rotatable bonds is 7. The standard InChI is InChI=1S/C17H18BrF2NO2S/c1-13-2-8-17(9-3-13)24(22,23)21(12-16(20)10-19)11-14-4-6-15(18)7-5-14/h2-9,16H,10-12H2,1H3. The van der Waals surface area contributed by atoms with Crippen LogP contribution in [0.5, 0.6) is 0 Å². The Hall–Kier alpha value is -1.31. The van der Waals surface area contributed by atoms with Crippen molar-refractivity contribution in [2.45, 2.75) is 24.5 Å². The number of hydrogen-bond donors (Lipinski definition) is 0. The minimum Gasteiger partial charge on any atom is -0.248 e. The van der Waals surface area contributed by atoms with E-state index in [1.165, 1.54) is 12.1 Å². The summed E-state index contributed by atoms with van der Waals surface area (Å²) in [5.74, 6) is 0. The Balaban J connectivity index is 2.33. The number of aryl methyl sites for hydroxylation is 1. The Morgan fingerprint density at radius 3 is 2.21 bits per heavy atom. The van der Waals surface area contributed by atoms with Gasteiger partial charge in [0.1, 0.15) is 12.8 Å². The zero-order chi connectivity index (χ0) is 17.7. The summed E-state index contributed by atoms with van der Waals surface area (Å²) in [5, 5.41) is 0. The van der Waals surface area contributed by atoms with Crippen molar-refractivity contribution >= 4 is 26.0 Å². The molecule has 0 amide bonds. The Labute approximate surface area is 149 Å². The van der Waals surface area contributed by atoms with Crippen molar-refractivity contribution in [2.75, 3.05) is 13.2 Å². The van der Waals surface area contributed by atoms with Gasteiger partial charge in [0, 0.05) is 17.6 Å². The summed E-state index contributed by atoms with van der Waals surface area (Å²) in [6.07, 6.45) is -1.86. The quantitative estimate of drug-likeness (QED) is 0.674. The highest BCUT2D eigenvalue weighted by molar-refractivity contribution is 9.10. The van der Waals surface area contributed by atoms with Gasteiger partial charge in [0.25, 0.3) is 0 Å². The van der Waals surface area contributed by atoms with Crippen molar-refractivity contribution in [3.63, 3.8) is 0 Å². The van der Waals surface area contributed by atoms with E-state index in [-0.39, 0.29) is 11.4 Å². The molecule has 0 aliphatic heterocycles. The van der Waals surface area contributed by atoms with E-state index in [2.05, 4.69) is 15.9 Å². The summed E-state index contributed by atoms with van der Waals surface area (Å²) in [6, 6.07) is 13.3. The van der Waals surface area contributed by atoms with Crippen LogP contribution in [0.2, 0.25) is 0 Å². The van der Waals surface area contributed by atoms with E-state index >= 15 is 0 Å². The Bertz CT molecular complexity index is 764. The monoisotopic (exact) mass is 417 g/mol. The van der Waals surface area contributed by atoms with Gasteiger partial charge in [-0.25, -0.2) is 17.2 Å². The molecule has 2 aromatic carbocycles. The van der Waals surface area contributed by atoms with E-state index in [1.807, 2.05) is 6.92 Å². The van der Waals surface area contributed by atoms with Crippen LogP contribution in [-0.4, -0.2) is 32.1 Å². The second kappa shape index (κ2) is 8.18. The van der Waals surface area contributed by atoms with Gasteiger partial charge < -0.3 is 0 Å². The molecule has 0 saturated carbocycles. The third-order valence-electron chi connectivity index (χ3n) is 3.50. The van der Waals surface area contributed by atoms with Crippen molar-refractivity contribution in [2.24, 2.45) is 0 Å². The van der Waals surface area contributed by atoms with Crippen molar-refractivity contribution in [1.29, 1.82) is 0 Å². The van der Waals surface area contributed by atoms with E-state index in [1.54, 1.807) is 36.4 Å². The van der Waals surface area contributed by atoms with Gasteiger partial charge in [-0.15, -0.1) is 0 Å². The maximum atomic E-state index is 13.6. The van der Waals surface area contributed by atoms with Crippen LogP contribution in [-0.2, 0) is 16.6 Å². The predicted molar refractivity (Wildman–Crippen MR) is 93.8 cm³/mol. The molecule has 130 valence electrons. The fourth-order valence-electron chi connectivity index (χ4n) is 2.17. The average molecular weight is 418 g/mol. The summed E-state index contributed by atoms with van der Waals surface area (Å²) < 4.78 is 53.6. The maximum Gasteiger partial charge on any atom is 0.243 e. The van der Waals surface area contributed by atoms with Crippen LogP contribution >= 0.6 is 15.9 Å². The first-order valence-corrected chi connectivity index (χ1v) is 9.57. The molecule has 0 N–H and O–H groups in total. The number of halogens is 3. The molecular formula is C17H18BrF2NO2S. The molecule has 0 bridgehead atoms. The Morgan fingerprint density at radius 2 is 1.67 bits per heavy atom. The van der Waals surface area contributed by atoms with Gasteiger partial charge in [0.2, 0.25) is 10.0 Å². The highest BCUT2D eigenvalue weighted by Crippen LogP contribution is 2.21. The molecule has 0 fully saturated rings. The number of sulfonamides is 1. The fourth-order valence-corrected chi connectivity index (χ4v) is 3.89. The first kappa shape index (κ1) is 19.0. The van der Waals surface area contributed by atoms with E-state index in [0.29, 0.717) is 5.56 Å². The van der Waals surface area contributed by atoms with Crippen LogP contribution in [0.4, 0.5) is 8.78 Å². The van der Waals surface area contributed by atoms with E-state index in [0.717, 1.165) is 14.3 Å². The van der Waals surface area contributed by atoms with Crippen molar-refractivity contribution in [3.05, 3.63) is 64.1 Å². The molecule has 0 radical (unpaired) electrons. The van der Waals surface area contributed by atoms with Crippen molar-refractivity contribution < 1.29 is 17.2 Å². The number of alkyl halides is 2. The van der Waals surface area contributed by atoms with Crippen molar-refractivity contribution in [3.8, 4) is 0 Å². The summed E-state index contributed by atoms with van der Waals surface area (Å²) >= 11 is 3.30. The molecule has 0 aliphatic carbocycles. The van der Waals surface area contributed by atoms with Gasteiger partial charge >= 0.3 is 0 Å². The smallest absolute Gasteiger partial charge is 0.243 e. The molecule has 0 heterocycles. The van der Waals surface area contributed by atoms with Gasteiger partial charge in [-0.3, -0.25) is 0 Å². The molecule has 24 heavy (non-hydrogen) atoms. The zero-order valence-corrected chi connectivity index (χ0v) is 15.5. The predicted octanol–water partition coefficient (Wildman–Crippen LogP) is 4.26. The number of nitrogens with zero attached hydrogens (tertiary/aromatic N) is 1. The van der Waals surface area contributed by atoms with Crippen LogP contribution in [0.1, 0.15) is 11.1 Å². The van der Waals surface area contributed by atoms with E-state index < -0.39 is 29.4 Å². The van der Waals surface area contributed by atoms with Gasteiger partial charge in [-0.1, -0.05) is 45.8 Å². The van der Waals surface area contributed by atoms with Crippen LogP contribution in [0.15, 0.2) is 57.9 Å². The lowest BCUT2D eigenvalue weighted by atomic mass is 10.2. The molecular weight excluding hydrogens is 400 g/mol. The topological polar surface area (TPSA) is 37.4 Å². The molecule has 2 rings (SSSR count). The third-order valence-corrected chi connectivity index (χ3v) is 5.85. The number of benzene rings is 2. The van der Waals surface area contributed by atoms with Gasteiger partial charge in [-0.05, 0) is 36.8 Å². The number of hydrogen-bond acceptors (Lipinski definition) is 2. The molecule has 1 atom stereocenters. The minimum absolute atomic E-state index is 0.0239. The summed E-state index contributed by atoms with van der Waals surface area (Å²) in [7, 11) is -3.92. The van der Waals surface area contributed by atoms with Crippen LogP contribution in [0.25, 0.3) is 0 Å². The third kappa shape index (κ3) is 4.84. The molecule has 2 aromatic rings. The molecule has 0 aliphatic rings. The first-order chi connectivity index (χ1) is 11.3. The van der Waals surface area contributed by atoms with Gasteiger partial charge in [-0.2, -0.15) is 4.31 Å². The summed E-state index contributed by atoms with van der Waals surface area (Å²) in [4.78, 5) is 0.0660. The molecule has 3 nitrogen and oxygen atoms in total. The molecule has 0 spiro atoms. The Kier molecular flexibility index (Phi) is 6.48. The summed E-state index contributed by atoms with van der Waals surface area (Å²) in [5.41, 5.74) is 1.61. The van der Waals surface area contributed by atoms with E-state index in [9.17, 15) is 17.2 Å².